The minimum Gasteiger partial charge on any atom is -0.350 e. The fraction of sp³-hybridized carbons (Fsp3) is 0.818. The standard InChI is InChI=1S/C11H17F2N3O2.ClH/c1-16-5-7(2-3-9(16)17)15-10(18)8-4-11(12,13)6-14-8;/h7-8,14H,2-6H2,1H3,(H,15,18);1H. The molecule has 2 N–H and O–H groups in total. The fourth-order valence-electron chi connectivity index (χ4n) is 2.33. The molecule has 2 atom stereocenters. The number of rotatable bonds is 2. The molecule has 0 aromatic carbocycles. The number of amides is 2. The Morgan fingerprint density at radius 3 is 2.74 bits per heavy atom. The molecule has 2 aliphatic heterocycles. The minimum absolute atomic E-state index is 0. The van der Waals surface area contributed by atoms with Gasteiger partial charge in [-0.3, -0.25) is 14.9 Å². The van der Waals surface area contributed by atoms with Crippen LogP contribution in [0.2, 0.25) is 0 Å². The van der Waals surface area contributed by atoms with Gasteiger partial charge in [0.15, 0.2) is 0 Å². The maximum Gasteiger partial charge on any atom is 0.262 e. The van der Waals surface area contributed by atoms with E-state index in [0.717, 1.165) is 0 Å². The molecule has 2 fully saturated rings. The molecule has 0 aromatic heterocycles. The van der Waals surface area contributed by atoms with Crippen LogP contribution >= 0.6 is 12.4 Å². The van der Waals surface area contributed by atoms with Gasteiger partial charge in [-0.05, 0) is 6.42 Å². The molecule has 0 aromatic rings. The fourth-order valence-corrected chi connectivity index (χ4v) is 2.33. The van der Waals surface area contributed by atoms with Crippen molar-refractivity contribution in [3.63, 3.8) is 0 Å². The number of hydrogen-bond acceptors (Lipinski definition) is 3. The van der Waals surface area contributed by atoms with Crippen LogP contribution in [0.25, 0.3) is 0 Å². The van der Waals surface area contributed by atoms with E-state index in [0.29, 0.717) is 19.4 Å². The lowest BCUT2D eigenvalue weighted by atomic mass is 10.0. The molecular formula is C11H18ClF2N3O2. The average molecular weight is 298 g/mol. The predicted octanol–water partition coefficient (Wildman–Crippen LogP) is 0.142. The van der Waals surface area contributed by atoms with Gasteiger partial charge in [0.05, 0.1) is 12.6 Å². The number of nitrogens with zero attached hydrogens (tertiary/aromatic N) is 1. The largest absolute Gasteiger partial charge is 0.350 e. The van der Waals surface area contributed by atoms with Gasteiger partial charge in [-0.25, -0.2) is 8.78 Å². The predicted molar refractivity (Wildman–Crippen MR) is 67.4 cm³/mol. The maximum absolute atomic E-state index is 13.0. The summed E-state index contributed by atoms with van der Waals surface area (Å²) in [6, 6.07) is -0.973. The number of hydrogen-bond donors (Lipinski definition) is 2. The summed E-state index contributed by atoms with van der Waals surface area (Å²) in [4.78, 5) is 24.6. The lowest BCUT2D eigenvalue weighted by Crippen LogP contribution is -2.52. The summed E-state index contributed by atoms with van der Waals surface area (Å²) in [5, 5.41) is 5.23. The maximum atomic E-state index is 13.0. The van der Waals surface area contributed by atoms with E-state index in [1.165, 1.54) is 0 Å². The summed E-state index contributed by atoms with van der Waals surface area (Å²) in [6.45, 7) is -0.0121. The van der Waals surface area contributed by atoms with Crippen LogP contribution < -0.4 is 10.6 Å². The SMILES string of the molecule is CN1CC(NC(=O)C2CC(F)(F)CN2)CCC1=O.Cl. The summed E-state index contributed by atoms with van der Waals surface area (Å²) in [5.74, 6) is -3.16. The zero-order valence-electron chi connectivity index (χ0n) is 10.6. The average Bonchev–Trinajstić information content (AvgIpc) is 2.64. The third-order valence-electron chi connectivity index (χ3n) is 3.40. The number of halogens is 3. The molecule has 0 aliphatic carbocycles. The number of likely N-dealkylation sites (tertiary alicyclic amines) is 1. The number of likely N-dealkylation sites (N-methyl/N-ethyl adjacent to an activating group) is 1. The van der Waals surface area contributed by atoms with Crippen LogP contribution in [0.5, 0.6) is 0 Å². The Morgan fingerprint density at radius 1 is 1.53 bits per heavy atom. The molecule has 2 rings (SSSR count). The number of alkyl halides is 2. The summed E-state index contributed by atoms with van der Waals surface area (Å²) >= 11 is 0. The molecular weight excluding hydrogens is 280 g/mol. The minimum atomic E-state index is -2.80. The van der Waals surface area contributed by atoms with Gasteiger partial charge in [-0.15, -0.1) is 12.4 Å². The Labute approximate surface area is 116 Å². The first-order chi connectivity index (χ1) is 8.37. The molecule has 5 nitrogen and oxygen atoms in total. The van der Waals surface area contributed by atoms with Crippen molar-refractivity contribution >= 4 is 24.2 Å². The number of carbonyl (C=O) groups excluding carboxylic acids is 2. The van der Waals surface area contributed by atoms with Gasteiger partial charge < -0.3 is 10.2 Å². The molecule has 19 heavy (non-hydrogen) atoms. The van der Waals surface area contributed by atoms with Gasteiger partial charge in [0.2, 0.25) is 11.8 Å². The van der Waals surface area contributed by atoms with Gasteiger partial charge in [0.1, 0.15) is 0 Å². The third-order valence-corrected chi connectivity index (χ3v) is 3.40. The number of piperidine rings is 1. The van der Waals surface area contributed by atoms with Crippen molar-refractivity contribution in [3.05, 3.63) is 0 Å². The Bertz CT molecular complexity index is 368. The van der Waals surface area contributed by atoms with E-state index in [4.69, 9.17) is 0 Å². The van der Waals surface area contributed by atoms with Gasteiger partial charge in [0, 0.05) is 32.5 Å². The molecule has 2 aliphatic rings. The van der Waals surface area contributed by atoms with Crippen molar-refractivity contribution in [2.75, 3.05) is 20.1 Å². The zero-order chi connectivity index (χ0) is 13.3. The molecule has 2 saturated heterocycles. The lowest BCUT2D eigenvalue weighted by molar-refractivity contribution is -0.134. The van der Waals surface area contributed by atoms with Crippen molar-refractivity contribution in [2.45, 2.75) is 37.3 Å². The second kappa shape index (κ2) is 6.00. The van der Waals surface area contributed by atoms with E-state index in [2.05, 4.69) is 10.6 Å². The first-order valence-corrected chi connectivity index (χ1v) is 6.03. The van der Waals surface area contributed by atoms with Crippen LogP contribution in [0.4, 0.5) is 8.78 Å². The molecule has 2 amide bonds. The van der Waals surface area contributed by atoms with E-state index in [-0.39, 0.29) is 24.4 Å². The second-order valence-electron chi connectivity index (χ2n) is 5.01. The lowest BCUT2D eigenvalue weighted by Gasteiger charge is -2.30. The first kappa shape index (κ1) is 16.1. The third kappa shape index (κ3) is 4.01. The van der Waals surface area contributed by atoms with Crippen molar-refractivity contribution in [1.82, 2.24) is 15.5 Å². The van der Waals surface area contributed by atoms with Crippen LogP contribution in [0, 0.1) is 0 Å². The number of carbonyl (C=O) groups is 2. The van der Waals surface area contributed by atoms with E-state index in [1.54, 1.807) is 11.9 Å². The summed E-state index contributed by atoms with van der Waals surface area (Å²) < 4.78 is 25.9. The highest BCUT2D eigenvalue weighted by atomic mass is 35.5. The molecule has 2 unspecified atom stereocenters. The highest BCUT2D eigenvalue weighted by molar-refractivity contribution is 5.85. The molecule has 110 valence electrons. The van der Waals surface area contributed by atoms with E-state index < -0.39 is 30.8 Å². The van der Waals surface area contributed by atoms with E-state index in [1.807, 2.05) is 0 Å². The van der Waals surface area contributed by atoms with Crippen molar-refractivity contribution < 1.29 is 18.4 Å². The normalized spacial score (nSPS) is 29.8. The van der Waals surface area contributed by atoms with Gasteiger partial charge in [-0.1, -0.05) is 0 Å². The molecule has 0 spiro atoms. The van der Waals surface area contributed by atoms with Gasteiger partial charge in [-0.2, -0.15) is 0 Å². The smallest absolute Gasteiger partial charge is 0.262 e. The zero-order valence-corrected chi connectivity index (χ0v) is 11.4. The first-order valence-electron chi connectivity index (χ1n) is 6.03. The van der Waals surface area contributed by atoms with Gasteiger partial charge >= 0.3 is 0 Å². The second-order valence-corrected chi connectivity index (χ2v) is 5.01. The van der Waals surface area contributed by atoms with Crippen LogP contribution in [-0.2, 0) is 9.59 Å². The highest BCUT2D eigenvalue weighted by Crippen LogP contribution is 2.25. The van der Waals surface area contributed by atoms with Crippen LogP contribution in [0.3, 0.4) is 0 Å². The van der Waals surface area contributed by atoms with Crippen LogP contribution in [-0.4, -0.2) is 54.9 Å². The Kier molecular flexibility index (Phi) is 5.09. The molecule has 0 saturated carbocycles. The molecule has 8 heteroatoms. The highest BCUT2D eigenvalue weighted by Gasteiger charge is 2.42. The van der Waals surface area contributed by atoms with Crippen molar-refractivity contribution in [2.24, 2.45) is 0 Å². The van der Waals surface area contributed by atoms with Crippen LogP contribution in [0.15, 0.2) is 0 Å². The van der Waals surface area contributed by atoms with Gasteiger partial charge in [0.25, 0.3) is 5.92 Å². The molecule has 2 heterocycles. The van der Waals surface area contributed by atoms with Crippen molar-refractivity contribution in [3.8, 4) is 0 Å². The molecule has 0 radical (unpaired) electrons. The van der Waals surface area contributed by atoms with E-state index >= 15 is 0 Å². The summed E-state index contributed by atoms with van der Waals surface area (Å²) in [5.41, 5.74) is 0. The monoisotopic (exact) mass is 297 g/mol. The number of nitrogens with one attached hydrogen (secondary N) is 2. The summed E-state index contributed by atoms with van der Waals surface area (Å²) in [7, 11) is 1.67. The van der Waals surface area contributed by atoms with Crippen LogP contribution in [0.1, 0.15) is 19.3 Å². The summed E-state index contributed by atoms with van der Waals surface area (Å²) in [6.07, 6.45) is 0.494. The molecule has 0 bridgehead atoms. The van der Waals surface area contributed by atoms with E-state index in [9.17, 15) is 18.4 Å². The topological polar surface area (TPSA) is 61.4 Å². The Morgan fingerprint density at radius 2 is 2.21 bits per heavy atom. The van der Waals surface area contributed by atoms with Crippen molar-refractivity contribution in [1.29, 1.82) is 0 Å². The Balaban J connectivity index is 0.00000180. The quantitative estimate of drug-likeness (QED) is 0.762. The Hall–Kier alpha value is -0.950.